The average Bonchev–Trinajstić information content (AvgIpc) is 3.25. The van der Waals surface area contributed by atoms with E-state index in [1.807, 2.05) is 0 Å². The Morgan fingerprint density at radius 2 is 1.63 bits per heavy atom. The van der Waals surface area contributed by atoms with Gasteiger partial charge in [-0.3, -0.25) is 0 Å². The number of ether oxygens (including phenoxy) is 1. The van der Waals surface area contributed by atoms with Crippen LogP contribution in [0.2, 0.25) is 0 Å². The largest absolute Gasteiger partial charge is 0.455 e. The summed E-state index contributed by atoms with van der Waals surface area (Å²) in [4.78, 5) is 8.07. The van der Waals surface area contributed by atoms with Gasteiger partial charge in [0.2, 0.25) is 0 Å². The zero-order valence-corrected chi connectivity index (χ0v) is 15.8. The summed E-state index contributed by atoms with van der Waals surface area (Å²) in [6, 6.07) is 3.59. The lowest BCUT2D eigenvalue weighted by molar-refractivity contribution is 0.0910. The third-order valence-electron chi connectivity index (χ3n) is 5.10. The van der Waals surface area contributed by atoms with Crippen molar-refractivity contribution in [2.24, 2.45) is 5.92 Å². The molecule has 1 aliphatic carbocycles. The third-order valence-corrected chi connectivity index (χ3v) is 5.10. The Kier molecular flexibility index (Phi) is 5.91. The minimum Gasteiger partial charge on any atom is -0.455 e. The van der Waals surface area contributed by atoms with Crippen molar-refractivity contribution in [1.82, 2.24) is 20.2 Å². The molecular formula is C20H18F4N4O2. The van der Waals surface area contributed by atoms with Crippen LogP contribution in [0.25, 0.3) is 11.5 Å². The maximum absolute atomic E-state index is 14.5. The van der Waals surface area contributed by atoms with E-state index < -0.39 is 30.1 Å². The molecule has 0 N–H and O–H groups in total. The second-order valence-electron chi connectivity index (χ2n) is 7.07. The predicted octanol–water partition coefficient (Wildman–Crippen LogP) is 5.44. The highest BCUT2D eigenvalue weighted by Gasteiger charge is 2.32. The lowest BCUT2D eigenvalue weighted by atomic mass is 9.82. The second kappa shape index (κ2) is 8.76. The molecule has 0 aliphatic heterocycles. The molecule has 3 aromatic rings. The fourth-order valence-corrected chi connectivity index (χ4v) is 3.65. The van der Waals surface area contributed by atoms with Crippen LogP contribution < -0.4 is 4.74 Å². The Bertz CT molecular complexity index is 970. The average molecular weight is 422 g/mol. The molecule has 0 spiro atoms. The molecule has 1 atom stereocenters. The van der Waals surface area contributed by atoms with Crippen molar-refractivity contribution in [2.45, 2.75) is 44.6 Å². The second-order valence-corrected chi connectivity index (χ2v) is 7.07. The monoisotopic (exact) mass is 422 g/mol. The van der Waals surface area contributed by atoms with Gasteiger partial charge >= 0.3 is 12.4 Å². The summed E-state index contributed by atoms with van der Waals surface area (Å²) in [5.74, 6) is -2.43. The van der Waals surface area contributed by atoms with Crippen LogP contribution in [0.4, 0.5) is 17.6 Å². The van der Waals surface area contributed by atoms with E-state index in [1.165, 1.54) is 30.6 Å². The number of halogens is 4. The minimum absolute atomic E-state index is 0.0852. The fourth-order valence-electron chi connectivity index (χ4n) is 3.65. The molecule has 0 amide bonds. The van der Waals surface area contributed by atoms with Crippen molar-refractivity contribution in [3.05, 3.63) is 53.7 Å². The van der Waals surface area contributed by atoms with Crippen molar-refractivity contribution in [3.63, 3.8) is 0 Å². The smallest absolute Gasteiger partial charge is 0.316 e. The van der Waals surface area contributed by atoms with Crippen molar-refractivity contribution in [3.8, 4) is 17.5 Å². The molecule has 0 radical (unpaired) electrons. The van der Waals surface area contributed by atoms with Gasteiger partial charge < -0.3 is 9.15 Å². The van der Waals surface area contributed by atoms with Crippen LogP contribution in [-0.2, 0) is 0 Å². The number of alkyl halides is 2. The molecule has 10 heteroatoms. The van der Waals surface area contributed by atoms with Crippen LogP contribution >= 0.6 is 0 Å². The molecule has 1 unspecified atom stereocenters. The first-order valence-electron chi connectivity index (χ1n) is 9.57. The Hall–Kier alpha value is -3.04. The maximum Gasteiger partial charge on any atom is 0.316 e. The summed E-state index contributed by atoms with van der Waals surface area (Å²) in [6.45, 7) is 0. The lowest BCUT2D eigenvalue weighted by Gasteiger charge is -2.30. The van der Waals surface area contributed by atoms with E-state index in [0.29, 0.717) is 0 Å². The summed E-state index contributed by atoms with van der Waals surface area (Å²) >= 11 is 0. The number of nitrogens with zero attached hydrogens (tertiary/aromatic N) is 4. The topological polar surface area (TPSA) is 73.9 Å². The Balaban J connectivity index is 1.59. The van der Waals surface area contributed by atoms with Crippen LogP contribution in [0.15, 0.2) is 35.0 Å². The zero-order valence-electron chi connectivity index (χ0n) is 15.8. The number of hydrogen-bond donors (Lipinski definition) is 0. The molecule has 2 aromatic heterocycles. The summed E-state index contributed by atoms with van der Waals surface area (Å²) < 4.78 is 64.8. The summed E-state index contributed by atoms with van der Waals surface area (Å²) in [7, 11) is 0. The summed E-state index contributed by atoms with van der Waals surface area (Å²) in [6.07, 6.45) is 3.27. The predicted molar refractivity (Wildman–Crippen MR) is 96.6 cm³/mol. The quantitative estimate of drug-likeness (QED) is 0.493. The molecule has 158 valence electrons. The molecule has 1 fully saturated rings. The van der Waals surface area contributed by atoms with Gasteiger partial charge in [0.15, 0.2) is 0 Å². The lowest BCUT2D eigenvalue weighted by Crippen LogP contribution is -2.24. The standard InChI is InChI=1S/C20H18F4N4O2/c21-13-7-4-8-14(22)15(13)16(11-5-2-1-3-6-11)29-20-25-9-12(10-26-20)18-27-28-19(30-18)17(23)24/h4,7-11,16-17H,1-3,5-6H2. The van der Waals surface area contributed by atoms with Gasteiger partial charge in [0.25, 0.3) is 11.8 Å². The molecule has 30 heavy (non-hydrogen) atoms. The van der Waals surface area contributed by atoms with E-state index >= 15 is 0 Å². The molecule has 1 saturated carbocycles. The van der Waals surface area contributed by atoms with Gasteiger partial charge in [-0.25, -0.2) is 18.7 Å². The van der Waals surface area contributed by atoms with Crippen LogP contribution in [-0.4, -0.2) is 20.2 Å². The Morgan fingerprint density at radius 3 is 2.23 bits per heavy atom. The molecule has 2 heterocycles. The number of hydrogen-bond acceptors (Lipinski definition) is 6. The minimum atomic E-state index is -2.89. The number of rotatable bonds is 6. The Morgan fingerprint density at radius 1 is 0.967 bits per heavy atom. The van der Waals surface area contributed by atoms with Crippen molar-refractivity contribution in [1.29, 1.82) is 0 Å². The SMILES string of the molecule is Fc1cccc(F)c1C(Oc1ncc(-c2nnc(C(F)F)o2)cn1)C1CCCCC1. The van der Waals surface area contributed by atoms with Gasteiger partial charge in [-0.1, -0.05) is 25.3 Å². The van der Waals surface area contributed by atoms with Crippen molar-refractivity contribution in [2.75, 3.05) is 0 Å². The Labute approximate surface area is 169 Å². The normalized spacial score (nSPS) is 16.0. The van der Waals surface area contributed by atoms with Crippen LogP contribution in [0.5, 0.6) is 6.01 Å². The fraction of sp³-hybridized carbons (Fsp3) is 0.400. The molecule has 6 nitrogen and oxygen atoms in total. The van der Waals surface area contributed by atoms with Crippen LogP contribution in [0.3, 0.4) is 0 Å². The summed E-state index contributed by atoms with van der Waals surface area (Å²) in [5, 5.41) is 6.77. The number of aromatic nitrogens is 4. The van der Waals surface area contributed by atoms with E-state index in [1.54, 1.807) is 0 Å². The van der Waals surface area contributed by atoms with E-state index in [9.17, 15) is 17.6 Å². The highest BCUT2D eigenvalue weighted by atomic mass is 19.3. The van der Waals surface area contributed by atoms with Crippen molar-refractivity contribution >= 4 is 0 Å². The van der Waals surface area contributed by atoms with Gasteiger partial charge in [-0.2, -0.15) is 8.78 Å². The van der Waals surface area contributed by atoms with Gasteiger partial charge in [0.1, 0.15) is 17.7 Å². The van der Waals surface area contributed by atoms with Gasteiger partial charge in [0, 0.05) is 18.3 Å². The first-order valence-corrected chi connectivity index (χ1v) is 9.57. The highest BCUT2D eigenvalue weighted by Crippen LogP contribution is 2.39. The summed E-state index contributed by atoms with van der Waals surface area (Å²) in [5.41, 5.74) is 0.0728. The van der Waals surface area contributed by atoms with Gasteiger partial charge in [0.05, 0.1) is 11.1 Å². The van der Waals surface area contributed by atoms with Gasteiger partial charge in [-0.05, 0) is 25.0 Å². The molecular weight excluding hydrogens is 404 g/mol. The maximum atomic E-state index is 14.5. The zero-order chi connectivity index (χ0) is 21.1. The van der Waals surface area contributed by atoms with E-state index in [0.717, 1.165) is 32.1 Å². The van der Waals surface area contributed by atoms with Crippen LogP contribution in [0, 0.1) is 17.6 Å². The molecule has 4 rings (SSSR count). The molecule has 0 bridgehead atoms. The first-order chi connectivity index (χ1) is 14.5. The van der Waals surface area contributed by atoms with Crippen LogP contribution in [0.1, 0.15) is 56.1 Å². The van der Waals surface area contributed by atoms with E-state index in [4.69, 9.17) is 9.15 Å². The van der Waals surface area contributed by atoms with Crippen molar-refractivity contribution < 1.29 is 26.7 Å². The third kappa shape index (κ3) is 4.27. The molecule has 0 saturated heterocycles. The van der Waals surface area contributed by atoms with E-state index in [2.05, 4.69) is 20.2 Å². The number of benzene rings is 1. The van der Waals surface area contributed by atoms with Gasteiger partial charge in [-0.15, -0.1) is 10.2 Å². The highest BCUT2D eigenvalue weighted by molar-refractivity contribution is 5.49. The molecule has 1 aliphatic rings. The van der Waals surface area contributed by atoms with E-state index in [-0.39, 0.29) is 28.9 Å². The molecule has 1 aromatic carbocycles. The first kappa shape index (κ1) is 20.2.